The highest BCUT2D eigenvalue weighted by atomic mass is 16.6. The molecule has 1 heterocycles. The second kappa shape index (κ2) is 23.5. The molecule has 2 aliphatic carbocycles. The number of amides is 1. The van der Waals surface area contributed by atoms with Gasteiger partial charge in [0.1, 0.15) is 17.7 Å². The first-order chi connectivity index (χ1) is 28.8. The van der Waals surface area contributed by atoms with Crippen LogP contribution in [0, 0.1) is 5.92 Å². The summed E-state index contributed by atoms with van der Waals surface area (Å²) in [5.74, 6) is -5.48. The van der Waals surface area contributed by atoms with Gasteiger partial charge in [-0.25, -0.2) is 9.59 Å². The van der Waals surface area contributed by atoms with Crippen molar-refractivity contribution in [3.8, 4) is 0 Å². The Labute approximate surface area is 360 Å². The van der Waals surface area contributed by atoms with E-state index >= 15 is 0 Å². The Bertz CT molecular complexity index is 1610. The molecule has 0 radical (unpaired) electrons. The number of esters is 5. The second-order valence-electron chi connectivity index (χ2n) is 17.3. The maximum atomic E-state index is 13.6. The zero-order chi connectivity index (χ0) is 45.5. The van der Waals surface area contributed by atoms with Crippen molar-refractivity contribution in [3.63, 3.8) is 0 Å². The van der Waals surface area contributed by atoms with Gasteiger partial charge in [0, 0.05) is 38.3 Å². The summed E-state index contributed by atoms with van der Waals surface area (Å²) < 4.78 is 29.9. The van der Waals surface area contributed by atoms with Crippen molar-refractivity contribution in [2.24, 2.45) is 11.7 Å². The average molecular weight is 865 g/mol. The van der Waals surface area contributed by atoms with Gasteiger partial charge in [0.05, 0.1) is 12.5 Å². The van der Waals surface area contributed by atoms with Crippen LogP contribution in [-0.2, 0) is 52.5 Å². The summed E-state index contributed by atoms with van der Waals surface area (Å²) in [4.78, 5) is 78.3. The summed E-state index contributed by atoms with van der Waals surface area (Å²) >= 11 is 0. The molecule has 3 aliphatic rings. The first-order valence-electron chi connectivity index (χ1n) is 22.2. The van der Waals surface area contributed by atoms with E-state index < -0.39 is 96.1 Å². The largest absolute Gasteiger partial charge is 0.459 e. The summed E-state index contributed by atoms with van der Waals surface area (Å²) in [6.07, 6.45) is 7.36. The van der Waals surface area contributed by atoms with Gasteiger partial charge in [-0.2, -0.15) is 0 Å². The third kappa shape index (κ3) is 12.9. The van der Waals surface area contributed by atoms with Crippen LogP contribution in [0.25, 0.3) is 0 Å². The molecule has 0 unspecified atom stereocenters. The Morgan fingerprint density at radius 3 is 1.95 bits per heavy atom. The third-order valence-electron chi connectivity index (χ3n) is 12.4. The molecule has 16 nitrogen and oxygen atoms in total. The Hall–Kier alpha value is -3.86. The van der Waals surface area contributed by atoms with Crippen LogP contribution in [0.4, 0.5) is 0 Å². The van der Waals surface area contributed by atoms with Gasteiger partial charge in [0.2, 0.25) is 5.91 Å². The minimum absolute atomic E-state index is 0.0316. The molecule has 16 heteroatoms. The molecule has 1 aliphatic heterocycles. The van der Waals surface area contributed by atoms with Gasteiger partial charge in [-0.1, -0.05) is 83.6 Å². The second-order valence-corrected chi connectivity index (χ2v) is 17.3. The zero-order valence-electron chi connectivity index (χ0n) is 37.4. The quantitative estimate of drug-likeness (QED) is 0.0280. The standard InChI is InChI=1S/C45H72N2O14/c1-8-10-11-17-20-24-34(51)58-38-36-35(29(4)37(38)59-41(53)28(3)9-2)39-45(56,44(7,55)42(54)60-39)32(26-43(36,6)61-30(5)49)57-33(50)23-21-18-15-13-12-14-16-19-22-25-47-40(52)31(46)27-48/h9,31-32,36-39,48,55-56H,8,10-27,46H2,1-7H3,(H,47,52)/b28-9-/t31-,32-,36+,37-,38-,39-,43-,44+,45+/m0/s1. The molecule has 6 N–H and O–H groups in total. The van der Waals surface area contributed by atoms with E-state index in [1.165, 1.54) is 13.8 Å². The zero-order valence-corrected chi connectivity index (χ0v) is 37.4. The van der Waals surface area contributed by atoms with Crippen LogP contribution < -0.4 is 11.1 Å². The SMILES string of the molecule is C/C=C(/C)C(=O)O[C@H]1C(C)=C2[C@H]([C@@H]1OC(=O)CCCCCCC)[C@@](C)(OC(C)=O)C[C@H](OC(=O)CCCCCCCCCCCNC(=O)[C@@H](N)CO)[C@@]1(O)[C@H]2OC(=O)[C@@]1(C)O. The molecule has 0 spiro atoms. The van der Waals surface area contributed by atoms with E-state index in [2.05, 4.69) is 12.2 Å². The molecule has 0 aromatic rings. The monoisotopic (exact) mass is 864 g/mol. The van der Waals surface area contributed by atoms with E-state index in [1.807, 2.05) is 0 Å². The van der Waals surface area contributed by atoms with Crippen molar-refractivity contribution in [2.75, 3.05) is 13.2 Å². The number of nitrogens with two attached hydrogens (primary N) is 1. The van der Waals surface area contributed by atoms with Gasteiger partial charge in [-0.05, 0) is 65.0 Å². The maximum absolute atomic E-state index is 13.6. The van der Waals surface area contributed by atoms with Crippen LogP contribution in [0.5, 0.6) is 0 Å². The van der Waals surface area contributed by atoms with Crippen LogP contribution in [-0.4, -0.2) is 111 Å². The third-order valence-corrected chi connectivity index (χ3v) is 12.4. The van der Waals surface area contributed by atoms with E-state index in [1.54, 1.807) is 26.8 Å². The smallest absolute Gasteiger partial charge is 0.341 e. The Morgan fingerprint density at radius 1 is 0.869 bits per heavy atom. The van der Waals surface area contributed by atoms with E-state index in [-0.39, 0.29) is 35.5 Å². The lowest BCUT2D eigenvalue weighted by atomic mass is 9.75. The molecule has 0 aromatic carbocycles. The van der Waals surface area contributed by atoms with Crippen molar-refractivity contribution >= 4 is 35.8 Å². The van der Waals surface area contributed by atoms with Gasteiger partial charge >= 0.3 is 29.8 Å². The average Bonchev–Trinajstić information content (AvgIpc) is 3.54. The highest BCUT2D eigenvalue weighted by Gasteiger charge is 2.76. The number of hydrogen-bond acceptors (Lipinski definition) is 15. The van der Waals surface area contributed by atoms with Gasteiger partial charge < -0.3 is 50.1 Å². The molecular weight excluding hydrogens is 792 g/mol. The van der Waals surface area contributed by atoms with Crippen molar-refractivity contribution in [1.29, 1.82) is 0 Å². The highest BCUT2D eigenvalue weighted by Crippen LogP contribution is 2.57. The highest BCUT2D eigenvalue weighted by molar-refractivity contribution is 5.88. The first kappa shape index (κ1) is 51.5. The number of unbranched alkanes of at least 4 members (excludes halogenated alkanes) is 12. The number of ether oxygens (including phenoxy) is 5. The summed E-state index contributed by atoms with van der Waals surface area (Å²) in [6.45, 7) is 10.8. The number of carbonyl (C=O) groups is 6. The molecule has 0 bridgehead atoms. The molecule has 61 heavy (non-hydrogen) atoms. The van der Waals surface area contributed by atoms with Gasteiger partial charge in [-0.3, -0.25) is 19.2 Å². The molecule has 3 rings (SSSR count). The molecule has 9 atom stereocenters. The maximum Gasteiger partial charge on any atom is 0.341 e. The molecule has 1 saturated heterocycles. The van der Waals surface area contributed by atoms with Crippen LogP contribution in [0.3, 0.4) is 0 Å². The van der Waals surface area contributed by atoms with Gasteiger partial charge in [-0.15, -0.1) is 0 Å². The predicted molar refractivity (Wildman–Crippen MR) is 223 cm³/mol. The van der Waals surface area contributed by atoms with Crippen molar-refractivity contribution < 1.29 is 67.8 Å². The minimum Gasteiger partial charge on any atom is -0.459 e. The van der Waals surface area contributed by atoms with Crippen molar-refractivity contribution in [2.45, 2.75) is 205 Å². The molecule has 1 saturated carbocycles. The fraction of sp³-hybridized carbons (Fsp3) is 0.778. The lowest BCUT2D eigenvalue weighted by molar-refractivity contribution is -0.212. The number of rotatable bonds is 25. The fourth-order valence-corrected chi connectivity index (χ4v) is 8.75. The van der Waals surface area contributed by atoms with E-state index in [0.717, 1.165) is 84.0 Å². The Balaban J connectivity index is 1.81. The van der Waals surface area contributed by atoms with E-state index in [0.29, 0.717) is 19.4 Å². The van der Waals surface area contributed by atoms with Crippen LogP contribution in [0.2, 0.25) is 0 Å². The Morgan fingerprint density at radius 2 is 1.41 bits per heavy atom. The number of aliphatic hydroxyl groups excluding tert-OH is 1. The number of carbonyl (C=O) groups excluding carboxylic acids is 6. The molecule has 346 valence electrons. The van der Waals surface area contributed by atoms with E-state index in [9.17, 15) is 39.0 Å². The number of aliphatic hydroxyl groups is 3. The summed E-state index contributed by atoms with van der Waals surface area (Å²) in [7, 11) is 0. The predicted octanol–water partition coefficient (Wildman–Crippen LogP) is 4.46. The van der Waals surface area contributed by atoms with Crippen LogP contribution in [0.15, 0.2) is 22.8 Å². The molecule has 2 fully saturated rings. The van der Waals surface area contributed by atoms with Gasteiger partial charge in [0.15, 0.2) is 29.5 Å². The molecule has 0 aromatic heterocycles. The molecule has 1 amide bonds. The van der Waals surface area contributed by atoms with Crippen molar-refractivity contribution in [3.05, 3.63) is 22.8 Å². The number of fused-ring (bicyclic) bond motifs is 3. The van der Waals surface area contributed by atoms with E-state index in [4.69, 9.17) is 34.5 Å². The Kier molecular flexibility index (Phi) is 19.9. The summed E-state index contributed by atoms with van der Waals surface area (Å²) in [5, 5.41) is 36.1. The topological polar surface area (TPSA) is 247 Å². The van der Waals surface area contributed by atoms with Gasteiger partial charge in [0.25, 0.3) is 0 Å². The van der Waals surface area contributed by atoms with Crippen LogP contribution in [0.1, 0.15) is 158 Å². The lowest BCUT2D eigenvalue weighted by Gasteiger charge is -2.41. The summed E-state index contributed by atoms with van der Waals surface area (Å²) in [6, 6.07) is -0.907. The number of allylic oxidation sites excluding steroid dienone is 1. The molecular formula is C45H72N2O14. The summed E-state index contributed by atoms with van der Waals surface area (Å²) in [5.41, 5.74) is -0.813. The number of nitrogens with one attached hydrogen (secondary N) is 1. The van der Waals surface area contributed by atoms with Crippen molar-refractivity contribution in [1.82, 2.24) is 5.32 Å². The normalized spacial score (nSPS) is 28.9. The number of hydrogen-bond donors (Lipinski definition) is 5. The minimum atomic E-state index is -2.62. The van der Waals surface area contributed by atoms with Crippen LogP contribution >= 0.6 is 0 Å². The fourth-order valence-electron chi connectivity index (χ4n) is 8.75. The first-order valence-corrected chi connectivity index (χ1v) is 22.2. The lowest BCUT2D eigenvalue weighted by Crippen LogP contribution is -2.64.